The van der Waals surface area contributed by atoms with E-state index in [1.807, 2.05) is 0 Å². The van der Waals surface area contributed by atoms with Crippen molar-refractivity contribution < 1.29 is 14.7 Å². The highest BCUT2D eigenvalue weighted by atomic mass is 35.5. The largest absolute Gasteiger partial charge is 0.382 e. The van der Waals surface area contributed by atoms with Gasteiger partial charge in [-0.15, -0.1) is 0 Å². The van der Waals surface area contributed by atoms with E-state index in [1.165, 1.54) is 30.6 Å². The van der Waals surface area contributed by atoms with Crippen LogP contribution >= 0.6 is 23.2 Å². The lowest BCUT2D eigenvalue weighted by atomic mass is 10.0. The lowest BCUT2D eigenvalue weighted by Crippen LogP contribution is -2.41. The summed E-state index contributed by atoms with van der Waals surface area (Å²) in [4.78, 5) is 37.5. The minimum absolute atomic E-state index is 0.0881. The van der Waals surface area contributed by atoms with Crippen LogP contribution in [0.25, 0.3) is 0 Å². The molecule has 0 saturated carbocycles. The van der Waals surface area contributed by atoms with Gasteiger partial charge in [0.05, 0.1) is 16.4 Å². The number of carbonyl (C=O) groups excluding carboxylic acids is 2. The molecule has 1 atom stereocenters. The number of hydrazine groups is 1. The summed E-state index contributed by atoms with van der Waals surface area (Å²) < 4.78 is 0. The van der Waals surface area contributed by atoms with E-state index in [1.54, 1.807) is 36.4 Å². The first kappa shape index (κ1) is 21.6. The average molecular weight is 468 g/mol. The summed E-state index contributed by atoms with van der Waals surface area (Å²) in [5.74, 6) is -1.23. The van der Waals surface area contributed by atoms with Crippen molar-refractivity contribution in [3.8, 4) is 0 Å². The van der Waals surface area contributed by atoms with E-state index in [0.29, 0.717) is 26.9 Å². The molecule has 10 heteroatoms. The number of hydrogen-bond donors (Lipinski definition) is 3. The van der Waals surface area contributed by atoms with Crippen molar-refractivity contribution in [2.45, 2.75) is 6.10 Å². The average Bonchev–Trinajstić information content (AvgIpc) is 2.80. The van der Waals surface area contributed by atoms with Crippen LogP contribution in [-0.4, -0.2) is 21.9 Å². The molecule has 0 aliphatic carbocycles. The van der Waals surface area contributed by atoms with E-state index in [-0.39, 0.29) is 16.4 Å². The monoisotopic (exact) mass is 467 g/mol. The molecule has 160 valence electrons. The van der Waals surface area contributed by atoms with Crippen LogP contribution in [0.15, 0.2) is 88.4 Å². The van der Waals surface area contributed by atoms with E-state index >= 15 is 0 Å². The lowest BCUT2D eigenvalue weighted by Gasteiger charge is -2.21. The first-order valence-electron chi connectivity index (χ1n) is 9.34. The molecule has 0 spiro atoms. The number of aromatic nitrogens is 1. The molecule has 0 radical (unpaired) electrons. The minimum Gasteiger partial charge on any atom is -0.382 e. The highest BCUT2D eigenvalue weighted by molar-refractivity contribution is 6.31. The predicted molar refractivity (Wildman–Crippen MR) is 117 cm³/mol. The second-order valence-corrected chi connectivity index (χ2v) is 7.51. The number of nitrogens with one attached hydrogen (secondary N) is 2. The molecule has 0 saturated heterocycles. The first-order chi connectivity index (χ1) is 15.4. The Morgan fingerprint density at radius 2 is 1.69 bits per heavy atom. The third-order valence-corrected chi connectivity index (χ3v) is 5.16. The number of aliphatic hydroxyl groups excluding tert-OH is 1. The molecule has 1 aliphatic heterocycles. The van der Waals surface area contributed by atoms with Gasteiger partial charge < -0.3 is 5.11 Å². The fourth-order valence-corrected chi connectivity index (χ4v) is 3.40. The fraction of sp³-hybridized carbons (Fsp3) is 0.0455. The van der Waals surface area contributed by atoms with Crippen LogP contribution in [0.5, 0.6) is 0 Å². The molecule has 0 bridgehead atoms. The molecule has 4 rings (SSSR count). The van der Waals surface area contributed by atoms with Gasteiger partial charge in [-0.1, -0.05) is 41.4 Å². The molecule has 2 amide bonds. The minimum atomic E-state index is -1.41. The maximum Gasteiger partial charge on any atom is 0.298 e. The number of fused-ring (bicyclic) bond motifs is 1. The molecule has 1 unspecified atom stereocenters. The van der Waals surface area contributed by atoms with E-state index in [0.717, 1.165) is 0 Å². The van der Waals surface area contributed by atoms with Crippen molar-refractivity contribution in [1.29, 1.82) is 0 Å². The molecule has 3 N–H and O–H groups in total. The van der Waals surface area contributed by atoms with E-state index < -0.39 is 17.9 Å². The van der Waals surface area contributed by atoms with Crippen molar-refractivity contribution >= 4 is 35.0 Å². The number of aliphatic hydroxyl groups is 1. The smallest absolute Gasteiger partial charge is 0.298 e. The van der Waals surface area contributed by atoms with Crippen molar-refractivity contribution in [2.24, 2.45) is 9.98 Å². The maximum atomic E-state index is 12.8. The summed E-state index contributed by atoms with van der Waals surface area (Å²) in [6, 6.07) is 14.3. The normalized spacial score (nSPS) is 15.0. The molecule has 3 aromatic rings. The number of rotatable bonds is 5. The number of nitrogens with zero attached hydrogens (tertiary/aromatic N) is 3. The fourth-order valence-electron chi connectivity index (χ4n) is 3.00. The molecular weight excluding hydrogens is 453 g/mol. The van der Waals surface area contributed by atoms with Crippen LogP contribution in [0.4, 0.5) is 0 Å². The summed E-state index contributed by atoms with van der Waals surface area (Å²) in [5.41, 5.74) is 5.47. The van der Waals surface area contributed by atoms with Crippen molar-refractivity contribution in [3.63, 3.8) is 0 Å². The summed E-state index contributed by atoms with van der Waals surface area (Å²) in [6.07, 6.45) is 1.52. The standard InChI is InChI=1S/C22H15Cl2N5O3/c23-13-5-6-16-17(11-13)27-22(32)19(26-16)18(20(30)14-3-1-2-4-15(14)24)28-29-21(31)12-7-9-25-10-8-12/h1-11,20,28,30H,(H,29,31). The zero-order valence-corrected chi connectivity index (χ0v) is 17.8. The second kappa shape index (κ2) is 9.27. The quantitative estimate of drug-likeness (QED) is 0.392. The van der Waals surface area contributed by atoms with Gasteiger partial charge in [-0.2, -0.15) is 0 Å². The predicted octanol–water partition coefficient (Wildman–Crippen LogP) is 2.05. The first-order valence-corrected chi connectivity index (χ1v) is 10.1. The Morgan fingerprint density at radius 1 is 0.938 bits per heavy atom. The van der Waals surface area contributed by atoms with Crippen LogP contribution in [-0.2, 0) is 4.79 Å². The van der Waals surface area contributed by atoms with Crippen LogP contribution < -0.4 is 21.6 Å². The van der Waals surface area contributed by atoms with Crippen molar-refractivity contribution in [3.05, 3.63) is 110 Å². The zero-order chi connectivity index (χ0) is 22.7. The van der Waals surface area contributed by atoms with Gasteiger partial charge in [0.1, 0.15) is 6.10 Å². The Bertz CT molecular complexity index is 1360. The molecule has 0 fully saturated rings. The Kier molecular flexibility index (Phi) is 6.27. The number of carbonyl (C=O) groups is 2. The van der Waals surface area contributed by atoms with Gasteiger partial charge in [0, 0.05) is 33.6 Å². The lowest BCUT2D eigenvalue weighted by molar-refractivity contribution is -0.115. The molecule has 1 aromatic heterocycles. The SMILES string of the molecule is O=C1N=c2cc(Cl)ccc2=NC1=C(NNC(=O)c1ccncc1)C(O)c1ccccc1Cl. The van der Waals surface area contributed by atoms with Gasteiger partial charge >= 0.3 is 0 Å². The van der Waals surface area contributed by atoms with Gasteiger partial charge in [0.2, 0.25) is 0 Å². The third-order valence-electron chi connectivity index (χ3n) is 4.58. The molecule has 8 nitrogen and oxygen atoms in total. The van der Waals surface area contributed by atoms with Crippen molar-refractivity contribution in [1.82, 2.24) is 15.8 Å². The molecule has 2 aromatic carbocycles. The molecule has 32 heavy (non-hydrogen) atoms. The van der Waals surface area contributed by atoms with Gasteiger partial charge in [-0.3, -0.25) is 25.4 Å². The Morgan fingerprint density at radius 3 is 2.44 bits per heavy atom. The highest BCUT2D eigenvalue weighted by Gasteiger charge is 2.26. The van der Waals surface area contributed by atoms with Crippen molar-refractivity contribution in [2.75, 3.05) is 0 Å². The Hall–Kier alpha value is -3.59. The molecule has 2 heterocycles. The van der Waals surface area contributed by atoms with E-state index in [2.05, 4.69) is 25.8 Å². The molecule has 1 aliphatic rings. The summed E-state index contributed by atoms with van der Waals surface area (Å²) in [6.45, 7) is 0. The Labute approximate surface area is 191 Å². The number of benzene rings is 2. The van der Waals surface area contributed by atoms with Crippen LogP contribution in [0, 0.1) is 0 Å². The number of hydrogen-bond acceptors (Lipinski definition) is 6. The van der Waals surface area contributed by atoms with Gasteiger partial charge in [-0.25, -0.2) is 9.98 Å². The van der Waals surface area contributed by atoms with Gasteiger partial charge in [0.15, 0.2) is 5.70 Å². The van der Waals surface area contributed by atoms with Crippen LogP contribution in [0.1, 0.15) is 22.0 Å². The van der Waals surface area contributed by atoms with Gasteiger partial charge in [-0.05, 0) is 36.4 Å². The Balaban J connectivity index is 1.78. The summed E-state index contributed by atoms with van der Waals surface area (Å²) in [5, 5.41) is 12.4. The highest BCUT2D eigenvalue weighted by Crippen LogP contribution is 2.29. The maximum absolute atomic E-state index is 12.8. The third kappa shape index (κ3) is 4.52. The zero-order valence-electron chi connectivity index (χ0n) is 16.3. The van der Waals surface area contributed by atoms with Crippen LogP contribution in [0.2, 0.25) is 10.0 Å². The van der Waals surface area contributed by atoms with Gasteiger partial charge in [0.25, 0.3) is 11.8 Å². The topological polar surface area (TPSA) is 116 Å². The molecular formula is C22H15Cl2N5O3. The van der Waals surface area contributed by atoms with E-state index in [9.17, 15) is 14.7 Å². The summed E-state index contributed by atoms with van der Waals surface area (Å²) in [7, 11) is 0. The van der Waals surface area contributed by atoms with E-state index in [4.69, 9.17) is 23.2 Å². The number of amides is 2. The van der Waals surface area contributed by atoms with Crippen LogP contribution in [0.3, 0.4) is 0 Å². The summed E-state index contributed by atoms with van der Waals surface area (Å²) >= 11 is 12.2. The number of pyridine rings is 1. The number of halogens is 2. The second-order valence-electron chi connectivity index (χ2n) is 6.66.